The Labute approximate surface area is 116 Å². The summed E-state index contributed by atoms with van der Waals surface area (Å²) in [6, 6.07) is 11.2. The second-order valence-electron chi connectivity index (χ2n) is 4.61. The molecule has 0 aliphatic carbocycles. The predicted octanol–water partition coefficient (Wildman–Crippen LogP) is 2.06. The third-order valence-electron chi connectivity index (χ3n) is 3.42. The fraction of sp³-hybridized carbons (Fsp3) is 0.133. The van der Waals surface area contributed by atoms with Crippen LogP contribution in [0.3, 0.4) is 0 Å². The molecule has 0 aromatic heterocycles. The van der Waals surface area contributed by atoms with Crippen molar-refractivity contribution in [3.63, 3.8) is 0 Å². The maximum Gasteiger partial charge on any atom is 0.491 e. The van der Waals surface area contributed by atoms with E-state index in [2.05, 4.69) is 0 Å². The molecule has 3 rings (SSSR count). The third kappa shape index (κ3) is 2.22. The number of ether oxygens (including phenoxy) is 1. The summed E-state index contributed by atoms with van der Waals surface area (Å²) in [7, 11) is 0.505. The highest BCUT2D eigenvalue weighted by Gasteiger charge is 2.25. The van der Waals surface area contributed by atoms with Crippen LogP contribution >= 0.6 is 0 Å². The Balaban J connectivity index is 2.03. The normalized spacial score (nSPS) is 14.5. The minimum Gasteiger partial charge on any atom is -0.465 e. The molecule has 0 atom stereocenters. The van der Waals surface area contributed by atoms with Crippen LogP contribution in [-0.4, -0.2) is 31.8 Å². The van der Waals surface area contributed by atoms with E-state index in [1.807, 2.05) is 30.3 Å². The first kappa shape index (κ1) is 12.9. The quantitative estimate of drug-likeness (QED) is 0.669. The van der Waals surface area contributed by atoms with Gasteiger partial charge in [0.05, 0.1) is 19.3 Å². The lowest BCUT2D eigenvalue weighted by molar-refractivity contribution is 0.0601. The van der Waals surface area contributed by atoms with Crippen LogP contribution in [0.1, 0.15) is 15.9 Å². The SMILES string of the molecule is COC(=O)c1ccc2cc(C3=CCOB3O)ccc2c1. The maximum atomic E-state index is 11.5. The van der Waals surface area contributed by atoms with Crippen molar-refractivity contribution in [2.75, 3.05) is 13.7 Å². The Morgan fingerprint density at radius 3 is 2.70 bits per heavy atom. The van der Waals surface area contributed by atoms with Crippen molar-refractivity contribution < 1.29 is 19.2 Å². The van der Waals surface area contributed by atoms with E-state index in [1.54, 1.807) is 12.1 Å². The van der Waals surface area contributed by atoms with Crippen molar-refractivity contribution in [1.82, 2.24) is 0 Å². The topological polar surface area (TPSA) is 55.8 Å². The molecule has 0 unspecified atom stereocenters. The Bertz CT molecular complexity index is 708. The van der Waals surface area contributed by atoms with Crippen molar-refractivity contribution in [3.8, 4) is 0 Å². The molecule has 0 spiro atoms. The highest BCUT2D eigenvalue weighted by molar-refractivity contribution is 6.68. The summed E-state index contributed by atoms with van der Waals surface area (Å²) >= 11 is 0. The molecule has 4 nitrogen and oxygen atoms in total. The van der Waals surface area contributed by atoms with Crippen molar-refractivity contribution in [2.24, 2.45) is 0 Å². The molecule has 0 fully saturated rings. The number of rotatable bonds is 2. The summed E-state index contributed by atoms with van der Waals surface area (Å²) in [4.78, 5) is 11.5. The zero-order valence-corrected chi connectivity index (χ0v) is 11.0. The van der Waals surface area contributed by atoms with Crippen molar-refractivity contribution in [1.29, 1.82) is 0 Å². The Kier molecular flexibility index (Phi) is 3.30. The Morgan fingerprint density at radius 1 is 1.25 bits per heavy atom. The molecule has 0 bridgehead atoms. The van der Waals surface area contributed by atoms with Crippen LogP contribution in [0.4, 0.5) is 0 Å². The largest absolute Gasteiger partial charge is 0.491 e. The number of methoxy groups -OCH3 is 1. The Morgan fingerprint density at radius 2 is 2.00 bits per heavy atom. The molecule has 0 saturated carbocycles. The predicted molar refractivity (Wildman–Crippen MR) is 77.2 cm³/mol. The van der Waals surface area contributed by atoms with Crippen LogP contribution in [0.25, 0.3) is 16.2 Å². The van der Waals surface area contributed by atoms with E-state index in [9.17, 15) is 9.82 Å². The summed E-state index contributed by atoms with van der Waals surface area (Å²) in [6.45, 7) is 0.426. The number of carbonyl (C=O) groups is 1. The van der Waals surface area contributed by atoms with E-state index in [4.69, 9.17) is 9.39 Å². The van der Waals surface area contributed by atoms with Crippen molar-refractivity contribution >= 4 is 29.3 Å². The fourth-order valence-electron chi connectivity index (χ4n) is 2.35. The van der Waals surface area contributed by atoms with Gasteiger partial charge in [0.2, 0.25) is 0 Å². The van der Waals surface area contributed by atoms with Crippen LogP contribution in [0.5, 0.6) is 0 Å². The molecule has 0 radical (unpaired) electrons. The lowest BCUT2D eigenvalue weighted by atomic mass is 9.76. The Hall–Kier alpha value is -2.11. The number of benzene rings is 2. The maximum absolute atomic E-state index is 11.5. The number of hydrogen-bond acceptors (Lipinski definition) is 4. The van der Waals surface area contributed by atoms with Gasteiger partial charge in [-0.25, -0.2) is 4.79 Å². The summed E-state index contributed by atoms with van der Waals surface area (Å²) in [6.07, 6.45) is 1.87. The number of esters is 1. The van der Waals surface area contributed by atoms with Gasteiger partial charge in [0.25, 0.3) is 0 Å². The fourth-order valence-corrected chi connectivity index (χ4v) is 2.35. The van der Waals surface area contributed by atoms with Gasteiger partial charge in [0.15, 0.2) is 0 Å². The van der Waals surface area contributed by atoms with Gasteiger partial charge in [-0.3, -0.25) is 0 Å². The summed E-state index contributed by atoms with van der Waals surface area (Å²) in [5.74, 6) is -0.349. The van der Waals surface area contributed by atoms with E-state index in [0.717, 1.165) is 21.8 Å². The summed E-state index contributed by atoms with van der Waals surface area (Å²) in [5, 5.41) is 11.7. The molecule has 1 heterocycles. The molecule has 5 heteroatoms. The van der Waals surface area contributed by atoms with Crippen LogP contribution in [0.2, 0.25) is 0 Å². The van der Waals surface area contributed by atoms with Gasteiger partial charge in [0, 0.05) is 0 Å². The van der Waals surface area contributed by atoms with Crippen LogP contribution < -0.4 is 0 Å². The smallest absolute Gasteiger partial charge is 0.465 e. The lowest BCUT2D eigenvalue weighted by Gasteiger charge is -2.07. The number of fused-ring (bicyclic) bond motifs is 1. The van der Waals surface area contributed by atoms with Gasteiger partial charge in [0.1, 0.15) is 0 Å². The van der Waals surface area contributed by atoms with E-state index in [-0.39, 0.29) is 5.97 Å². The second kappa shape index (κ2) is 5.11. The summed E-state index contributed by atoms with van der Waals surface area (Å²) < 4.78 is 9.81. The molecule has 0 amide bonds. The molecule has 2 aromatic rings. The lowest BCUT2D eigenvalue weighted by Crippen LogP contribution is -2.14. The molecular weight excluding hydrogens is 255 g/mol. The molecule has 20 heavy (non-hydrogen) atoms. The van der Waals surface area contributed by atoms with E-state index < -0.39 is 7.12 Å². The van der Waals surface area contributed by atoms with Crippen LogP contribution in [0, 0.1) is 0 Å². The van der Waals surface area contributed by atoms with Gasteiger partial charge in [-0.05, 0) is 40.0 Å². The molecular formula is C15H13BO4. The second-order valence-corrected chi connectivity index (χ2v) is 4.61. The van der Waals surface area contributed by atoms with Gasteiger partial charge in [-0.1, -0.05) is 24.3 Å². The first-order valence-electron chi connectivity index (χ1n) is 6.31. The standard InChI is InChI=1S/C15H13BO4/c1-19-15(17)13-5-3-10-8-12(4-2-11(10)9-13)14-6-7-20-16(14)18/h2-6,8-9,18H,7H2,1H3. The van der Waals surface area contributed by atoms with Crippen molar-refractivity contribution in [3.05, 3.63) is 53.6 Å². The molecule has 1 aliphatic rings. The molecule has 2 aromatic carbocycles. The van der Waals surface area contributed by atoms with Crippen LogP contribution in [0.15, 0.2) is 42.5 Å². The van der Waals surface area contributed by atoms with Gasteiger partial charge >= 0.3 is 13.1 Å². The zero-order valence-electron chi connectivity index (χ0n) is 11.0. The minimum absolute atomic E-state index is 0.349. The first-order valence-corrected chi connectivity index (χ1v) is 6.31. The van der Waals surface area contributed by atoms with Crippen molar-refractivity contribution in [2.45, 2.75) is 0 Å². The monoisotopic (exact) mass is 268 g/mol. The zero-order chi connectivity index (χ0) is 14.1. The molecule has 0 saturated heterocycles. The van der Waals surface area contributed by atoms with Gasteiger partial charge in [-0.15, -0.1) is 0 Å². The summed E-state index contributed by atoms with van der Waals surface area (Å²) in [5.41, 5.74) is 2.23. The van der Waals surface area contributed by atoms with Gasteiger partial charge in [-0.2, -0.15) is 0 Å². The average Bonchev–Trinajstić information content (AvgIpc) is 2.91. The van der Waals surface area contributed by atoms with E-state index in [0.29, 0.717) is 12.2 Å². The van der Waals surface area contributed by atoms with Gasteiger partial charge < -0.3 is 14.4 Å². The molecule has 1 aliphatic heterocycles. The first-order chi connectivity index (χ1) is 9.69. The van der Waals surface area contributed by atoms with E-state index in [1.165, 1.54) is 7.11 Å². The van der Waals surface area contributed by atoms with Crippen LogP contribution in [-0.2, 0) is 9.39 Å². The highest BCUT2D eigenvalue weighted by atomic mass is 16.5. The average molecular weight is 268 g/mol. The molecule has 100 valence electrons. The minimum atomic E-state index is -0.859. The number of hydrogen-bond donors (Lipinski definition) is 1. The molecule has 1 N–H and O–H groups in total. The highest BCUT2D eigenvalue weighted by Crippen LogP contribution is 2.26. The van der Waals surface area contributed by atoms with E-state index >= 15 is 0 Å². The number of carbonyl (C=O) groups excluding carboxylic acids is 1. The third-order valence-corrected chi connectivity index (χ3v) is 3.42.